The normalized spacial score (nSPS) is 32.1. The maximum atomic E-state index is 12.3. The highest BCUT2D eigenvalue weighted by Crippen LogP contribution is 2.49. The molecule has 2 aliphatic rings. The predicted molar refractivity (Wildman–Crippen MR) is 77.8 cm³/mol. The summed E-state index contributed by atoms with van der Waals surface area (Å²) in [6, 6.07) is 7.67. The summed E-state index contributed by atoms with van der Waals surface area (Å²) in [7, 11) is 3.57. The number of likely N-dealkylation sites (tertiary alicyclic amines) is 1. The van der Waals surface area contributed by atoms with Gasteiger partial charge in [0.05, 0.1) is 13.0 Å². The van der Waals surface area contributed by atoms with Crippen molar-refractivity contribution < 1.29 is 14.3 Å². The summed E-state index contributed by atoms with van der Waals surface area (Å²) in [5.41, 5.74) is 0.479. The lowest BCUT2D eigenvalue weighted by molar-refractivity contribution is -0.140. The van der Waals surface area contributed by atoms with Gasteiger partial charge in [0.25, 0.3) is 0 Å². The smallest absolute Gasteiger partial charge is 0.247 e. The molecule has 2 bridgehead atoms. The second kappa shape index (κ2) is 4.84. The van der Waals surface area contributed by atoms with Gasteiger partial charge >= 0.3 is 0 Å². The number of imide groups is 1. The van der Waals surface area contributed by atoms with Gasteiger partial charge in [-0.25, -0.2) is 0 Å². The van der Waals surface area contributed by atoms with Crippen LogP contribution in [0.15, 0.2) is 24.3 Å². The summed E-state index contributed by atoms with van der Waals surface area (Å²) in [6.45, 7) is 2.00. The zero-order valence-electron chi connectivity index (χ0n) is 12.6. The minimum Gasteiger partial charge on any atom is -0.497 e. The van der Waals surface area contributed by atoms with E-state index in [1.54, 1.807) is 7.11 Å². The van der Waals surface area contributed by atoms with Crippen LogP contribution in [0.25, 0.3) is 0 Å². The average molecular weight is 288 g/mol. The van der Waals surface area contributed by atoms with Gasteiger partial charge in [0, 0.05) is 6.04 Å². The number of nitrogens with one attached hydrogen (secondary N) is 1. The second-order valence-corrected chi connectivity index (χ2v) is 5.84. The third kappa shape index (κ3) is 1.87. The Balaban J connectivity index is 2.02. The first kappa shape index (κ1) is 14.1. The number of rotatable bonds is 3. The molecule has 2 saturated heterocycles. The number of benzene rings is 1. The summed E-state index contributed by atoms with van der Waals surface area (Å²) >= 11 is 0. The van der Waals surface area contributed by atoms with Crippen LogP contribution in [0.5, 0.6) is 5.75 Å². The molecule has 0 radical (unpaired) electrons. The predicted octanol–water partition coefficient (Wildman–Crippen LogP) is 1.49. The number of methoxy groups -OCH3 is 1. The van der Waals surface area contributed by atoms with E-state index >= 15 is 0 Å². The number of carbonyl (C=O) groups excluding carboxylic acids is 2. The number of fused-ring (bicyclic) bond motifs is 2. The Morgan fingerprint density at radius 1 is 1.33 bits per heavy atom. The number of amides is 2. The fourth-order valence-corrected chi connectivity index (χ4v) is 3.78. The lowest BCUT2D eigenvalue weighted by Gasteiger charge is -2.35. The van der Waals surface area contributed by atoms with E-state index < -0.39 is 5.54 Å². The molecular formula is C16H20N2O3. The third-order valence-corrected chi connectivity index (χ3v) is 5.07. The monoisotopic (exact) mass is 288 g/mol. The molecule has 0 aliphatic carbocycles. The van der Waals surface area contributed by atoms with Crippen molar-refractivity contribution in [3.05, 3.63) is 29.8 Å². The number of hydrogen-bond donors (Lipinski definition) is 1. The second-order valence-electron chi connectivity index (χ2n) is 5.84. The zero-order chi connectivity index (χ0) is 15.2. The molecule has 5 nitrogen and oxygen atoms in total. The summed E-state index contributed by atoms with van der Waals surface area (Å²) in [6.07, 6.45) is 1.30. The Hall–Kier alpha value is -1.88. The van der Waals surface area contributed by atoms with Crippen LogP contribution in [-0.2, 0) is 9.59 Å². The Kier molecular flexibility index (Phi) is 3.24. The minimum atomic E-state index is -0.566. The number of nitrogens with zero attached hydrogens (tertiary/aromatic N) is 1. The topological polar surface area (TPSA) is 58.6 Å². The summed E-state index contributed by atoms with van der Waals surface area (Å²) in [5, 5.41) is 2.54. The van der Waals surface area contributed by atoms with E-state index in [-0.39, 0.29) is 23.8 Å². The van der Waals surface area contributed by atoms with E-state index in [9.17, 15) is 9.59 Å². The van der Waals surface area contributed by atoms with E-state index in [0.29, 0.717) is 12.8 Å². The summed E-state index contributed by atoms with van der Waals surface area (Å²) < 4.78 is 5.18. The van der Waals surface area contributed by atoms with Crippen LogP contribution >= 0.6 is 0 Å². The van der Waals surface area contributed by atoms with Crippen molar-refractivity contribution in [2.75, 3.05) is 14.2 Å². The molecule has 0 aromatic heterocycles. The first-order chi connectivity index (χ1) is 10.0. The fourth-order valence-electron chi connectivity index (χ4n) is 3.78. The Bertz CT molecular complexity index is 584. The number of ether oxygens (including phenoxy) is 1. The largest absolute Gasteiger partial charge is 0.497 e. The first-order valence-corrected chi connectivity index (χ1v) is 7.25. The number of likely N-dealkylation sites (N-methyl/N-ethyl adjacent to an activating group) is 1. The van der Waals surface area contributed by atoms with Gasteiger partial charge in [-0.15, -0.1) is 0 Å². The van der Waals surface area contributed by atoms with Crippen molar-refractivity contribution >= 4 is 11.8 Å². The molecule has 5 heteroatoms. The molecule has 2 fully saturated rings. The van der Waals surface area contributed by atoms with Gasteiger partial charge in [-0.3, -0.25) is 19.8 Å². The molecule has 0 unspecified atom stereocenters. The molecule has 3 atom stereocenters. The molecule has 2 amide bonds. The lowest BCUT2D eigenvalue weighted by atomic mass is 9.83. The van der Waals surface area contributed by atoms with Gasteiger partial charge < -0.3 is 4.74 Å². The highest BCUT2D eigenvalue weighted by atomic mass is 16.5. The molecule has 2 heterocycles. The number of carbonyl (C=O) groups is 2. The van der Waals surface area contributed by atoms with Crippen molar-refractivity contribution in [3.8, 4) is 5.75 Å². The van der Waals surface area contributed by atoms with Gasteiger partial charge in [-0.05, 0) is 37.6 Å². The van der Waals surface area contributed by atoms with Crippen molar-refractivity contribution in [2.24, 2.45) is 5.92 Å². The van der Waals surface area contributed by atoms with Crippen molar-refractivity contribution in [1.29, 1.82) is 0 Å². The number of hydrogen-bond acceptors (Lipinski definition) is 4. The first-order valence-electron chi connectivity index (χ1n) is 7.25. The van der Waals surface area contributed by atoms with Gasteiger partial charge in [0.2, 0.25) is 11.8 Å². The highest BCUT2D eigenvalue weighted by Gasteiger charge is 2.59. The SMILES string of the molecule is CC[C@@]12C[C@@H](C(=O)NC1=O)[C@@H](c1ccc(OC)cc1)N2C. The summed E-state index contributed by atoms with van der Waals surface area (Å²) in [5.74, 6) is 0.285. The van der Waals surface area contributed by atoms with E-state index in [1.165, 1.54) is 0 Å². The van der Waals surface area contributed by atoms with E-state index in [0.717, 1.165) is 11.3 Å². The molecule has 3 rings (SSSR count). The maximum absolute atomic E-state index is 12.3. The molecule has 0 spiro atoms. The van der Waals surface area contributed by atoms with Crippen LogP contribution in [0.4, 0.5) is 0 Å². The summed E-state index contributed by atoms with van der Waals surface area (Å²) in [4.78, 5) is 26.6. The van der Waals surface area contributed by atoms with Crippen LogP contribution < -0.4 is 10.1 Å². The molecule has 1 aromatic rings. The molecule has 2 aliphatic heterocycles. The molecule has 1 N–H and O–H groups in total. The zero-order valence-corrected chi connectivity index (χ0v) is 12.6. The van der Waals surface area contributed by atoms with E-state index in [1.807, 2.05) is 38.2 Å². The lowest BCUT2D eigenvalue weighted by Crippen LogP contribution is -2.57. The van der Waals surface area contributed by atoms with Crippen LogP contribution in [0.2, 0.25) is 0 Å². The molecule has 1 aromatic carbocycles. The quantitative estimate of drug-likeness (QED) is 0.856. The molecule has 0 saturated carbocycles. The van der Waals surface area contributed by atoms with Crippen molar-refractivity contribution in [1.82, 2.24) is 10.2 Å². The van der Waals surface area contributed by atoms with Crippen molar-refractivity contribution in [2.45, 2.75) is 31.3 Å². The van der Waals surface area contributed by atoms with E-state index in [2.05, 4.69) is 10.2 Å². The molecule has 21 heavy (non-hydrogen) atoms. The Labute approximate surface area is 124 Å². The average Bonchev–Trinajstić information content (AvgIpc) is 2.77. The van der Waals surface area contributed by atoms with Crippen LogP contribution in [0, 0.1) is 5.92 Å². The van der Waals surface area contributed by atoms with Crippen LogP contribution in [-0.4, -0.2) is 36.4 Å². The van der Waals surface area contributed by atoms with Gasteiger partial charge in [-0.2, -0.15) is 0 Å². The molecule has 112 valence electrons. The van der Waals surface area contributed by atoms with Crippen LogP contribution in [0.1, 0.15) is 31.4 Å². The standard InChI is InChI=1S/C16H20N2O3/c1-4-16-9-12(14(19)17-15(16)20)13(18(16)2)10-5-7-11(21-3)8-6-10/h5-8,12-13H,4,9H2,1-3H3,(H,17,19,20)/t12-,13-,16-/m1/s1. The highest BCUT2D eigenvalue weighted by molar-refractivity contribution is 6.05. The fraction of sp³-hybridized carbons (Fsp3) is 0.500. The Morgan fingerprint density at radius 2 is 2.00 bits per heavy atom. The van der Waals surface area contributed by atoms with Gasteiger partial charge in [0.15, 0.2) is 0 Å². The van der Waals surface area contributed by atoms with Gasteiger partial charge in [0.1, 0.15) is 11.3 Å². The van der Waals surface area contributed by atoms with Gasteiger partial charge in [-0.1, -0.05) is 19.1 Å². The maximum Gasteiger partial charge on any atom is 0.247 e. The van der Waals surface area contributed by atoms with Crippen molar-refractivity contribution in [3.63, 3.8) is 0 Å². The minimum absolute atomic E-state index is 0.0673. The number of piperidine rings is 1. The third-order valence-electron chi connectivity index (χ3n) is 5.07. The van der Waals surface area contributed by atoms with E-state index in [4.69, 9.17) is 4.74 Å². The molecular weight excluding hydrogens is 268 g/mol. The van der Waals surface area contributed by atoms with Crippen LogP contribution in [0.3, 0.4) is 0 Å². The Morgan fingerprint density at radius 3 is 2.57 bits per heavy atom.